The van der Waals surface area contributed by atoms with Crippen LogP contribution in [0.3, 0.4) is 0 Å². The SMILES string of the molecule is CCn1c2ccccc2c2cc(NC(=O)CN3C(=O)N[C@](C)(c4ccc(OC)cc4)C3=O)ccc21. The third-order valence-corrected chi connectivity index (χ3v) is 6.62. The number of hydrogen-bond acceptors (Lipinski definition) is 4. The maximum Gasteiger partial charge on any atom is 0.325 e. The molecule has 178 valence electrons. The largest absolute Gasteiger partial charge is 0.497 e. The van der Waals surface area contributed by atoms with Crippen LogP contribution < -0.4 is 15.4 Å². The van der Waals surface area contributed by atoms with Crippen molar-refractivity contribution in [1.82, 2.24) is 14.8 Å². The number of anilines is 1. The molecule has 0 spiro atoms. The fourth-order valence-corrected chi connectivity index (χ4v) is 4.78. The predicted octanol–water partition coefficient (Wildman–Crippen LogP) is 4.23. The molecule has 0 unspecified atom stereocenters. The number of aromatic nitrogens is 1. The predicted molar refractivity (Wildman–Crippen MR) is 134 cm³/mol. The summed E-state index contributed by atoms with van der Waals surface area (Å²) in [5, 5.41) is 7.69. The fourth-order valence-electron chi connectivity index (χ4n) is 4.78. The molecule has 1 aliphatic heterocycles. The summed E-state index contributed by atoms with van der Waals surface area (Å²) in [6.45, 7) is 4.17. The minimum atomic E-state index is -1.26. The Labute approximate surface area is 202 Å². The smallest absolute Gasteiger partial charge is 0.325 e. The van der Waals surface area contributed by atoms with Crippen LogP contribution in [0.4, 0.5) is 10.5 Å². The molecule has 8 heteroatoms. The zero-order valence-corrected chi connectivity index (χ0v) is 19.8. The summed E-state index contributed by atoms with van der Waals surface area (Å²) >= 11 is 0. The molecule has 1 aromatic heterocycles. The topological polar surface area (TPSA) is 92.7 Å². The molecule has 1 saturated heterocycles. The van der Waals surface area contributed by atoms with E-state index >= 15 is 0 Å². The number of para-hydroxylation sites is 1. The van der Waals surface area contributed by atoms with Gasteiger partial charge in [-0.2, -0.15) is 0 Å². The number of ether oxygens (including phenoxy) is 1. The van der Waals surface area contributed by atoms with Gasteiger partial charge in [-0.3, -0.25) is 14.5 Å². The van der Waals surface area contributed by atoms with Gasteiger partial charge in [0.15, 0.2) is 0 Å². The summed E-state index contributed by atoms with van der Waals surface area (Å²) < 4.78 is 7.39. The number of hydrogen-bond donors (Lipinski definition) is 2. The number of aryl methyl sites for hydroxylation is 1. The van der Waals surface area contributed by atoms with Crippen molar-refractivity contribution in [1.29, 1.82) is 0 Å². The Kier molecular flexibility index (Phi) is 5.43. The number of methoxy groups -OCH3 is 1. The van der Waals surface area contributed by atoms with E-state index in [2.05, 4.69) is 34.3 Å². The number of nitrogens with zero attached hydrogens (tertiary/aromatic N) is 2. The average molecular weight is 471 g/mol. The van der Waals surface area contributed by atoms with E-state index < -0.39 is 23.4 Å². The van der Waals surface area contributed by atoms with E-state index in [1.165, 1.54) is 0 Å². The average Bonchev–Trinajstić information content (AvgIpc) is 3.30. The van der Waals surface area contributed by atoms with Crippen LogP contribution in [-0.4, -0.2) is 41.0 Å². The van der Waals surface area contributed by atoms with E-state index in [0.29, 0.717) is 17.0 Å². The zero-order chi connectivity index (χ0) is 24.7. The number of benzene rings is 3. The van der Waals surface area contributed by atoms with Gasteiger partial charge in [0.1, 0.15) is 17.8 Å². The molecular weight excluding hydrogens is 444 g/mol. The summed E-state index contributed by atoms with van der Waals surface area (Å²) in [4.78, 5) is 39.6. The highest BCUT2D eigenvalue weighted by Gasteiger charge is 2.49. The Morgan fingerprint density at radius 2 is 1.71 bits per heavy atom. The molecule has 4 amide bonds. The quantitative estimate of drug-likeness (QED) is 0.413. The van der Waals surface area contributed by atoms with E-state index in [4.69, 9.17) is 4.74 Å². The molecule has 0 radical (unpaired) electrons. The Hall–Kier alpha value is -4.33. The van der Waals surface area contributed by atoms with Gasteiger partial charge in [-0.1, -0.05) is 30.3 Å². The van der Waals surface area contributed by atoms with Gasteiger partial charge in [0, 0.05) is 34.0 Å². The lowest BCUT2D eigenvalue weighted by atomic mass is 9.92. The van der Waals surface area contributed by atoms with Crippen molar-refractivity contribution in [3.63, 3.8) is 0 Å². The summed E-state index contributed by atoms with van der Waals surface area (Å²) in [5.74, 6) is -0.292. The van der Waals surface area contributed by atoms with Crippen LogP contribution in [0.25, 0.3) is 21.8 Å². The number of urea groups is 1. The first-order valence-corrected chi connectivity index (χ1v) is 11.4. The van der Waals surface area contributed by atoms with E-state index in [1.807, 2.05) is 30.3 Å². The third-order valence-electron chi connectivity index (χ3n) is 6.62. The first kappa shape index (κ1) is 22.5. The van der Waals surface area contributed by atoms with E-state index in [0.717, 1.165) is 33.3 Å². The third kappa shape index (κ3) is 3.67. The van der Waals surface area contributed by atoms with Crippen molar-refractivity contribution < 1.29 is 19.1 Å². The first-order chi connectivity index (χ1) is 16.9. The van der Waals surface area contributed by atoms with Crippen molar-refractivity contribution in [2.75, 3.05) is 19.0 Å². The molecular formula is C27H26N4O4. The molecule has 35 heavy (non-hydrogen) atoms. The second-order valence-electron chi connectivity index (χ2n) is 8.72. The minimum absolute atomic E-state index is 0.384. The molecule has 1 atom stereocenters. The molecule has 2 N–H and O–H groups in total. The van der Waals surface area contributed by atoms with Crippen LogP contribution in [0.15, 0.2) is 66.7 Å². The van der Waals surface area contributed by atoms with Crippen LogP contribution in [-0.2, 0) is 21.7 Å². The number of nitrogens with one attached hydrogen (secondary N) is 2. The summed E-state index contributed by atoms with van der Waals surface area (Å²) in [5.41, 5.74) is 2.16. The van der Waals surface area contributed by atoms with Gasteiger partial charge in [0.05, 0.1) is 7.11 Å². The molecule has 2 heterocycles. The number of rotatable bonds is 6. The second kappa shape index (κ2) is 8.47. The first-order valence-electron chi connectivity index (χ1n) is 11.4. The van der Waals surface area contributed by atoms with Crippen LogP contribution in [0.1, 0.15) is 19.4 Å². The van der Waals surface area contributed by atoms with Gasteiger partial charge < -0.3 is 19.9 Å². The van der Waals surface area contributed by atoms with Crippen molar-refractivity contribution in [3.05, 3.63) is 72.3 Å². The number of carbonyl (C=O) groups is 3. The molecule has 0 bridgehead atoms. The number of carbonyl (C=O) groups excluding carboxylic acids is 3. The molecule has 5 rings (SSSR count). The maximum atomic E-state index is 13.2. The Balaban J connectivity index is 1.36. The summed E-state index contributed by atoms with van der Waals surface area (Å²) in [7, 11) is 1.55. The molecule has 4 aromatic rings. The fraction of sp³-hybridized carbons (Fsp3) is 0.222. The van der Waals surface area contributed by atoms with Crippen LogP contribution >= 0.6 is 0 Å². The van der Waals surface area contributed by atoms with Crippen molar-refractivity contribution in [2.24, 2.45) is 0 Å². The van der Waals surface area contributed by atoms with E-state index in [9.17, 15) is 14.4 Å². The van der Waals surface area contributed by atoms with Crippen molar-refractivity contribution in [3.8, 4) is 5.75 Å². The lowest BCUT2D eigenvalue weighted by Gasteiger charge is -2.22. The molecule has 1 aliphatic rings. The highest BCUT2D eigenvalue weighted by Crippen LogP contribution is 2.32. The monoisotopic (exact) mass is 470 g/mol. The van der Waals surface area contributed by atoms with Gasteiger partial charge in [0.25, 0.3) is 5.91 Å². The second-order valence-corrected chi connectivity index (χ2v) is 8.72. The number of fused-ring (bicyclic) bond motifs is 3. The van der Waals surface area contributed by atoms with Gasteiger partial charge in [-0.05, 0) is 55.8 Å². The Bertz CT molecular complexity index is 1470. The lowest BCUT2D eigenvalue weighted by molar-refractivity contribution is -0.133. The number of amides is 4. The number of imide groups is 1. The van der Waals surface area contributed by atoms with E-state index in [1.54, 1.807) is 38.3 Å². The Morgan fingerprint density at radius 1 is 1.00 bits per heavy atom. The molecule has 3 aromatic carbocycles. The van der Waals surface area contributed by atoms with Crippen LogP contribution in [0, 0.1) is 0 Å². The molecule has 0 aliphatic carbocycles. The van der Waals surface area contributed by atoms with Crippen LogP contribution in [0.5, 0.6) is 5.75 Å². The summed E-state index contributed by atoms with van der Waals surface area (Å²) in [6, 6.07) is 20.2. The standard InChI is InChI=1S/C27H26N4O4/c1-4-30-22-8-6-5-7-20(22)21-15-18(11-14-23(21)30)28-24(32)16-31-25(33)27(2,29-26(31)34)17-9-12-19(35-3)13-10-17/h5-15H,4,16H2,1-3H3,(H,28,32)(H,29,34)/t27-/m1/s1. The van der Waals surface area contributed by atoms with E-state index in [-0.39, 0.29) is 6.54 Å². The summed E-state index contributed by atoms with van der Waals surface area (Å²) in [6.07, 6.45) is 0. The van der Waals surface area contributed by atoms with Gasteiger partial charge in [-0.25, -0.2) is 4.79 Å². The maximum absolute atomic E-state index is 13.2. The van der Waals surface area contributed by atoms with Gasteiger partial charge in [0.2, 0.25) is 5.91 Å². The van der Waals surface area contributed by atoms with Gasteiger partial charge >= 0.3 is 6.03 Å². The molecule has 8 nitrogen and oxygen atoms in total. The molecule has 0 saturated carbocycles. The molecule has 1 fully saturated rings. The normalized spacial score (nSPS) is 17.7. The van der Waals surface area contributed by atoms with Crippen molar-refractivity contribution in [2.45, 2.75) is 25.9 Å². The minimum Gasteiger partial charge on any atom is -0.497 e. The lowest BCUT2D eigenvalue weighted by Crippen LogP contribution is -2.42. The van der Waals surface area contributed by atoms with Crippen molar-refractivity contribution >= 4 is 45.3 Å². The highest BCUT2D eigenvalue weighted by molar-refractivity contribution is 6.12. The zero-order valence-electron chi connectivity index (χ0n) is 19.8. The Morgan fingerprint density at radius 3 is 2.43 bits per heavy atom. The highest BCUT2D eigenvalue weighted by atomic mass is 16.5. The van der Waals surface area contributed by atoms with Gasteiger partial charge in [-0.15, -0.1) is 0 Å². The van der Waals surface area contributed by atoms with Crippen LogP contribution in [0.2, 0.25) is 0 Å².